The number of benzene rings is 2. The molecule has 1 aliphatic rings. The zero-order valence-corrected chi connectivity index (χ0v) is 18.5. The van der Waals surface area contributed by atoms with E-state index in [-0.39, 0.29) is 5.92 Å². The highest BCUT2D eigenvalue weighted by atomic mass is 16.4. The van der Waals surface area contributed by atoms with Gasteiger partial charge in [0, 0.05) is 48.6 Å². The molecule has 4 heteroatoms. The number of hydrogen-bond donors (Lipinski definition) is 1. The van der Waals surface area contributed by atoms with Crippen LogP contribution < -0.4 is 4.90 Å². The van der Waals surface area contributed by atoms with Gasteiger partial charge in [0.05, 0.1) is 5.71 Å². The highest BCUT2D eigenvalue weighted by Crippen LogP contribution is 2.33. The van der Waals surface area contributed by atoms with Gasteiger partial charge in [-0.05, 0) is 74.1 Å². The Bertz CT molecular complexity index is 1040. The van der Waals surface area contributed by atoms with E-state index in [1.807, 2.05) is 19.1 Å². The number of pyridine rings is 1. The van der Waals surface area contributed by atoms with E-state index in [0.29, 0.717) is 12.1 Å². The summed E-state index contributed by atoms with van der Waals surface area (Å²) < 4.78 is 0. The molecule has 4 rings (SSSR count). The Morgan fingerprint density at radius 1 is 1.00 bits per heavy atom. The van der Waals surface area contributed by atoms with Crippen molar-refractivity contribution < 1.29 is 5.21 Å². The molecule has 3 aromatic rings. The molecule has 4 nitrogen and oxygen atoms in total. The molecule has 0 spiro atoms. The number of rotatable bonds is 6. The first kappa shape index (κ1) is 21.1. The zero-order valence-electron chi connectivity index (χ0n) is 18.5. The van der Waals surface area contributed by atoms with Gasteiger partial charge in [-0.25, -0.2) is 0 Å². The van der Waals surface area contributed by atoms with Gasteiger partial charge in [0.25, 0.3) is 0 Å². The summed E-state index contributed by atoms with van der Waals surface area (Å²) in [6, 6.07) is 21.4. The van der Waals surface area contributed by atoms with Crippen LogP contribution in [0.2, 0.25) is 0 Å². The summed E-state index contributed by atoms with van der Waals surface area (Å²) in [6.07, 6.45) is 6.27. The molecular formula is C27H31N3O. The van der Waals surface area contributed by atoms with Crippen molar-refractivity contribution in [2.24, 2.45) is 5.16 Å². The molecular weight excluding hydrogens is 382 g/mol. The van der Waals surface area contributed by atoms with Crippen molar-refractivity contribution in [2.45, 2.75) is 45.4 Å². The second kappa shape index (κ2) is 9.78. The van der Waals surface area contributed by atoms with Crippen LogP contribution in [0.15, 0.2) is 72.0 Å². The predicted octanol–water partition coefficient (Wildman–Crippen LogP) is 6.09. The van der Waals surface area contributed by atoms with E-state index in [2.05, 4.69) is 70.5 Å². The van der Waals surface area contributed by atoms with Gasteiger partial charge in [0.1, 0.15) is 0 Å². The van der Waals surface area contributed by atoms with Gasteiger partial charge < -0.3 is 10.1 Å². The van der Waals surface area contributed by atoms with Gasteiger partial charge in [0.2, 0.25) is 0 Å². The van der Waals surface area contributed by atoms with E-state index in [9.17, 15) is 5.21 Å². The van der Waals surface area contributed by atoms with Gasteiger partial charge in [-0.3, -0.25) is 4.98 Å². The fourth-order valence-corrected chi connectivity index (χ4v) is 4.59. The third kappa shape index (κ3) is 4.96. The topological polar surface area (TPSA) is 48.7 Å². The number of aryl methyl sites for hydroxylation is 2. The first-order chi connectivity index (χ1) is 15.2. The van der Waals surface area contributed by atoms with Gasteiger partial charge >= 0.3 is 0 Å². The second-order valence-corrected chi connectivity index (χ2v) is 8.49. The molecule has 0 aliphatic carbocycles. The van der Waals surface area contributed by atoms with Crippen LogP contribution in [0.25, 0.3) is 0 Å². The molecule has 2 aromatic carbocycles. The van der Waals surface area contributed by atoms with E-state index in [4.69, 9.17) is 0 Å². The quantitative estimate of drug-likeness (QED) is 0.302. The summed E-state index contributed by atoms with van der Waals surface area (Å²) in [5.74, 6) is 0.107. The Hall–Kier alpha value is -3.14. The van der Waals surface area contributed by atoms with E-state index in [1.165, 1.54) is 41.6 Å². The molecule has 1 aromatic heterocycles. The van der Waals surface area contributed by atoms with Crippen LogP contribution in [0.1, 0.15) is 59.5 Å². The van der Waals surface area contributed by atoms with Crippen LogP contribution in [-0.4, -0.2) is 29.0 Å². The first-order valence-corrected chi connectivity index (χ1v) is 11.2. The zero-order chi connectivity index (χ0) is 21.6. The fraction of sp³-hybridized carbons (Fsp3) is 0.333. The molecule has 1 saturated heterocycles. The molecule has 160 valence electrons. The Kier molecular flexibility index (Phi) is 6.66. The highest BCUT2D eigenvalue weighted by molar-refractivity contribution is 6.01. The summed E-state index contributed by atoms with van der Waals surface area (Å²) in [7, 11) is 0. The summed E-state index contributed by atoms with van der Waals surface area (Å²) in [5, 5.41) is 13.5. The van der Waals surface area contributed by atoms with Crippen LogP contribution in [-0.2, 0) is 0 Å². The lowest BCUT2D eigenvalue weighted by Gasteiger charge is -2.29. The van der Waals surface area contributed by atoms with E-state index in [1.54, 1.807) is 6.20 Å². The summed E-state index contributed by atoms with van der Waals surface area (Å²) in [4.78, 5) is 6.76. The van der Waals surface area contributed by atoms with E-state index >= 15 is 0 Å². The molecule has 0 bridgehead atoms. The van der Waals surface area contributed by atoms with Gasteiger partial charge in [-0.2, -0.15) is 0 Å². The Morgan fingerprint density at radius 2 is 1.74 bits per heavy atom. The van der Waals surface area contributed by atoms with Crippen LogP contribution in [0, 0.1) is 13.8 Å². The highest BCUT2D eigenvalue weighted by Gasteiger charge is 2.21. The number of nitrogens with zero attached hydrogens (tertiary/aromatic N) is 3. The maximum Gasteiger partial charge on any atom is 0.0878 e. The van der Waals surface area contributed by atoms with Crippen LogP contribution >= 0.6 is 0 Å². The predicted molar refractivity (Wildman–Crippen MR) is 127 cm³/mol. The Morgan fingerprint density at radius 3 is 2.42 bits per heavy atom. The summed E-state index contributed by atoms with van der Waals surface area (Å²) in [5.41, 5.74) is 7.56. The molecule has 0 amide bonds. The molecule has 0 radical (unpaired) electrons. The normalized spacial score (nSPS) is 15.7. The molecule has 2 heterocycles. The van der Waals surface area contributed by atoms with Crippen LogP contribution in [0.3, 0.4) is 0 Å². The SMILES string of the molecule is Cc1cc(C(C[C@H](c2ccc(N3CCCCC3)cc2)c2ccccc2C)=NO)ccn1. The molecule has 0 unspecified atom stereocenters. The summed E-state index contributed by atoms with van der Waals surface area (Å²) >= 11 is 0. The van der Waals surface area contributed by atoms with Crippen molar-refractivity contribution in [3.05, 3.63) is 94.8 Å². The van der Waals surface area contributed by atoms with Crippen molar-refractivity contribution in [1.82, 2.24) is 4.98 Å². The number of anilines is 1. The van der Waals surface area contributed by atoms with Crippen LogP contribution in [0.5, 0.6) is 0 Å². The van der Waals surface area contributed by atoms with Crippen molar-refractivity contribution in [1.29, 1.82) is 0 Å². The largest absolute Gasteiger partial charge is 0.411 e. The molecule has 1 aliphatic heterocycles. The fourth-order valence-electron chi connectivity index (χ4n) is 4.59. The van der Waals surface area contributed by atoms with Gasteiger partial charge in [-0.1, -0.05) is 41.6 Å². The first-order valence-electron chi connectivity index (χ1n) is 11.2. The maximum atomic E-state index is 9.86. The second-order valence-electron chi connectivity index (χ2n) is 8.49. The summed E-state index contributed by atoms with van der Waals surface area (Å²) in [6.45, 7) is 6.39. The smallest absolute Gasteiger partial charge is 0.0878 e. The average molecular weight is 414 g/mol. The van der Waals surface area contributed by atoms with Crippen molar-refractivity contribution >= 4 is 11.4 Å². The minimum atomic E-state index is 0.107. The maximum absolute atomic E-state index is 9.86. The number of aromatic nitrogens is 1. The van der Waals surface area contributed by atoms with Gasteiger partial charge in [-0.15, -0.1) is 0 Å². The minimum absolute atomic E-state index is 0.107. The monoisotopic (exact) mass is 413 g/mol. The molecule has 31 heavy (non-hydrogen) atoms. The average Bonchev–Trinajstić information content (AvgIpc) is 2.81. The lowest BCUT2D eigenvalue weighted by molar-refractivity contribution is 0.317. The number of piperidine rings is 1. The third-order valence-corrected chi connectivity index (χ3v) is 6.33. The number of hydrogen-bond acceptors (Lipinski definition) is 4. The minimum Gasteiger partial charge on any atom is -0.411 e. The Labute approximate surface area is 185 Å². The standard InChI is InChI=1S/C27H31N3O/c1-20-8-4-5-9-25(20)26(19-27(29-31)23-14-15-28-21(2)18-23)22-10-12-24(13-11-22)30-16-6-3-7-17-30/h4-5,8-15,18,26,31H,3,6-7,16-17,19H2,1-2H3/t26-/m1/s1. The molecule has 0 saturated carbocycles. The van der Waals surface area contributed by atoms with Gasteiger partial charge in [0.15, 0.2) is 0 Å². The molecule has 1 atom stereocenters. The lowest BCUT2D eigenvalue weighted by atomic mass is 9.83. The Balaban J connectivity index is 1.67. The van der Waals surface area contributed by atoms with E-state index < -0.39 is 0 Å². The third-order valence-electron chi connectivity index (χ3n) is 6.33. The van der Waals surface area contributed by atoms with Crippen LogP contribution in [0.4, 0.5) is 5.69 Å². The molecule has 1 fully saturated rings. The number of oxime groups is 1. The lowest BCUT2D eigenvalue weighted by Crippen LogP contribution is -2.29. The van der Waals surface area contributed by atoms with Crippen molar-refractivity contribution in [2.75, 3.05) is 18.0 Å². The van der Waals surface area contributed by atoms with E-state index in [0.717, 1.165) is 24.3 Å². The molecule has 1 N–H and O–H groups in total. The van der Waals surface area contributed by atoms with Crippen molar-refractivity contribution in [3.63, 3.8) is 0 Å². The van der Waals surface area contributed by atoms with Crippen molar-refractivity contribution in [3.8, 4) is 0 Å².